The molecular formula is C14H16F3N. The van der Waals surface area contributed by atoms with Crippen molar-refractivity contribution in [3.05, 3.63) is 41.2 Å². The van der Waals surface area contributed by atoms with E-state index in [0.717, 1.165) is 0 Å². The van der Waals surface area contributed by atoms with Crippen LogP contribution in [0.3, 0.4) is 0 Å². The Hall–Kier alpha value is -1.58. The van der Waals surface area contributed by atoms with E-state index in [1.165, 1.54) is 18.3 Å². The Kier molecular flexibility index (Phi) is 4.33. The van der Waals surface area contributed by atoms with Gasteiger partial charge in [0.2, 0.25) is 0 Å². The molecule has 0 unspecified atom stereocenters. The molecule has 0 aliphatic heterocycles. The van der Waals surface area contributed by atoms with E-state index in [2.05, 4.69) is 4.98 Å². The van der Waals surface area contributed by atoms with Gasteiger partial charge in [0, 0.05) is 17.3 Å². The summed E-state index contributed by atoms with van der Waals surface area (Å²) in [6, 6.07) is 4.30. The van der Waals surface area contributed by atoms with Gasteiger partial charge in [-0.2, -0.15) is 13.2 Å². The van der Waals surface area contributed by atoms with Crippen LogP contribution in [0.2, 0.25) is 0 Å². The largest absolute Gasteiger partial charge is 0.417 e. The number of halogens is 3. The molecule has 0 atom stereocenters. The molecule has 0 radical (unpaired) electrons. The molecular weight excluding hydrogens is 239 g/mol. The number of aryl methyl sites for hydroxylation is 2. The van der Waals surface area contributed by atoms with Gasteiger partial charge in [0.05, 0.1) is 5.56 Å². The Morgan fingerprint density at radius 1 is 1.00 bits per heavy atom. The summed E-state index contributed by atoms with van der Waals surface area (Å²) in [5.74, 6) is 0. The van der Waals surface area contributed by atoms with E-state index in [4.69, 9.17) is 0 Å². The third-order valence-corrected chi connectivity index (χ3v) is 2.53. The molecule has 98 valence electrons. The maximum Gasteiger partial charge on any atom is 0.417 e. The first-order valence-corrected chi connectivity index (χ1v) is 5.83. The Bertz CT molecular complexity index is 544. The zero-order valence-corrected chi connectivity index (χ0v) is 10.9. The van der Waals surface area contributed by atoms with Crippen molar-refractivity contribution in [2.24, 2.45) is 0 Å². The number of benzene rings is 1. The van der Waals surface area contributed by atoms with Gasteiger partial charge in [0.1, 0.15) is 0 Å². The first-order valence-electron chi connectivity index (χ1n) is 5.83. The van der Waals surface area contributed by atoms with Gasteiger partial charge in [-0.15, -0.1) is 0 Å². The topological polar surface area (TPSA) is 12.9 Å². The molecule has 0 saturated carbocycles. The lowest BCUT2D eigenvalue weighted by molar-refractivity contribution is -0.136. The van der Waals surface area contributed by atoms with Crippen molar-refractivity contribution >= 4 is 10.8 Å². The summed E-state index contributed by atoms with van der Waals surface area (Å²) in [7, 11) is 0. The molecule has 1 nitrogen and oxygen atoms in total. The van der Waals surface area contributed by atoms with Crippen molar-refractivity contribution in [2.45, 2.75) is 33.9 Å². The highest BCUT2D eigenvalue weighted by Gasteiger charge is 2.32. The van der Waals surface area contributed by atoms with Gasteiger partial charge in [0.15, 0.2) is 0 Å². The number of rotatable bonds is 0. The van der Waals surface area contributed by atoms with Crippen LogP contribution in [0.15, 0.2) is 24.4 Å². The van der Waals surface area contributed by atoms with E-state index in [1.54, 1.807) is 19.9 Å². The quantitative estimate of drug-likeness (QED) is 0.652. The number of nitrogens with zero attached hydrogens (tertiary/aromatic N) is 1. The van der Waals surface area contributed by atoms with Gasteiger partial charge in [-0.3, -0.25) is 4.98 Å². The third-order valence-electron chi connectivity index (χ3n) is 2.53. The molecule has 0 bridgehead atoms. The molecule has 2 rings (SSSR count). The lowest BCUT2D eigenvalue weighted by atomic mass is 10.0. The van der Waals surface area contributed by atoms with Crippen LogP contribution >= 0.6 is 0 Å². The molecule has 0 spiro atoms. The summed E-state index contributed by atoms with van der Waals surface area (Å²) in [6.45, 7) is 7.36. The molecule has 0 fully saturated rings. The standard InChI is InChI=1S/C12H10F3N.C2H6/c1-7-5-10-8(2)16-4-3-9(10)11(6-7)12(13,14)15;1-2/h3-6H,1-2H3;1-2H3. The van der Waals surface area contributed by atoms with Crippen LogP contribution in [0.1, 0.15) is 30.7 Å². The van der Waals surface area contributed by atoms with Crippen LogP contribution in [-0.2, 0) is 6.18 Å². The monoisotopic (exact) mass is 255 g/mol. The summed E-state index contributed by atoms with van der Waals surface area (Å²) in [4.78, 5) is 4.00. The van der Waals surface area contributed by atoms with E-state index in [-0.39, 0.29) is 5.39 Å². The molecule has 0 amide bonds. The first kappa shape index (κ1) is 14.5. The van der Waals surface area contributed by atoms with Crippen molar-refractivity contribution in [1.29, 1.82) is 0 Å². The third kappa shape index (κ3) is 2.81. The number of pyridine rings is 1. The Morgan fingerprint density at radius 2 is 1.61 bits per heavy atom. The van der Waals surface area contributed by atoms with Crippen LogP contribution in [0, 0.1) is 13.8 Å². The van der Waals surface area contributed by atoms with Crippen LogP contribution in [0.4, 0.5) is 13.2 Å². The second-order valence-electron chi connectivity index (χ2n) is 3.80. The maximum atomic E-state index is 12.8. The summed E-state index contributed by atoms with van der Waals surface area (Å²) in [6.07, 6.45) is -2.92. The van der Waals surface area contributed by atoms with Crippen molar-refractivity contribution in [2.75, 3.05) is 0 Å². The Morgan fingerprint density at radius 3 is 2.17 bits per heavy atom. The molecule has 0 N–H and O–H groups in total. The highest BCUT2D eigenvalue weighted by molar-refractivity contribution is 5.88. The molecule has 18 heavy (non-hydrogen) atoms. The highest BCUT2D eigenvalue weighted by Crippen LogP contribution is 2.35. The summed E-state index contributed by atoms with van der Waals surface area (Å²) >= 11 is 0. The maximum absolute atomic E-state index is 12.8. The predicted octanol–water partition coefficient (Wildman–Crippen LogP) is 4.90. The number of hydrogen-bond donors (Lipinski definition) is 0. The van der Waals surface area contributed by atoms with Crippen LogP contribution in [0.25, 0.3) is 10.8 Å². The van der Waals surface area contributed by atoms with E-state index in [9.17, 15) is 13.2 Å². The van der Waals surface area contributed by atoms with Gasteiger partial charge in [-0.1, -0.05) is 13.8 Å². The van der Waals surface area contributed by atoms with E-state index < -0.39 is 11.7 Å². The summed E-state index contributed by atoms with van der Waals surface area (Å²) < 4.78 is 38.4. The molecule has 1 heterocycles. The van der Waals surface area contributed by atoms with E-state index in [0.29, 0.717) is 16.6 Å². The van der Waals surface area contributed by atoms with Gasteiger partial charge in [0.25, 0.3) is 0 Å². The number of hydrogen-bond acceptors (Lipinski definition) is 1. The van der Waals surface area contributed by atoms with Gasteiger partial charge in [-0.05, 0) is 43.0 Å². The molecule has 0 aliphatic carbocycles. The van der Waals surface area contributed by atoms with Crippen LogP contribution in [0.5, 0.6) is 0 Å². The Labute approximate surface area is 105 Å². The summed E-state index contributed by atoms with van der Waals surface area (Å²) in [5.41, 5.74) is 0.621. The summed E-state index contributed by atoms with van der Waals surface area (Å²) in [5, 5.41) is 0.778. The zero-order valence-electron chi connectivity index (χ0n) is 10.9. The van der Waals surface area contributed by atoms with Gasteiger partial charge >= 0.3 is 6.18 Å². The molecule has 1 aromatic heterocycles. The molecule has 0 aliphatic rings. The minimum absolute atomic E-state index is 0.214. The van der Waals surface area contributed by atoms with Crippen molar-refractivity contribution in [3.63, 3.8) is 0 Å². The van der Waals surface area contributed by atoms with Gasteiger partial charge in [-0.25, -0.2) is 0 Å². The van der Waals surface area contributed by atoms with E-state index in [1.807, 2.05) is 13.8 Å². The minimum Gasteiger partial charge on any atom is -0.261 e. The minimum atomic E-state index is -4.32. The smallest absolute Gasteiger partial charge is 0.261 e. The molecule has 1 aromatic carbocycles. The fourth-order valence-corrected chi connectivity index (χ4v) is 1.80. The zero-order chi connectivity index (χ0) is 13.9. The SMILES string of the molecule is CC.Cc1cc(C(F)(F)F)c2ccnc(C)c2c1. The fourth-order valence-electron chi connectivity index (χ4n) is 1.80. The molecule has 0 saturated heterocycles. The fraction of sp³-hybridized carbons (Fsp3) is 0.357. The second kappa shape index (κ2) is 5.38. The molecule has 2 aromatic rings. The van der Waals surface area contributed by atoms with Crippen molar-refractivity contribution in [1.82, 2.24) is 4.98 Å². The molecule has 4 heteroatoms. The average Bonchev–Trinajstić information content (AvgIpc) is 2.31. The van der Waals surface area contributed by atoms with Crippen molar-refractivity contribution < 1.29 is 13.2 Å². The average molecular weight is 255 g/mol. The normalized spacial score (nSPS) is 11.1. The van der Waals surface area contributed by atoms with Crippen LogP contribution in [-0.4, -0.2) is 4.98 Å². The second-order valence-corrected chi connectivity index (χ2v) is 3.80. The van der Waals surface area contributed by atoms with Crippen molar-refractivity contribution in [3.8, 4) is 0 Å². The Balaban J connectivity index is 0.000000771. The number of alkyl halides is 3. The lowest BCUT2D eigenvalue weighted by Gasteiger charge is -2.12. The first-order chi connectivity index (χ1) is 8.39. The number of aromatic nitrogens is 1. The highest BCUT2D eigenvalue weighted by atomic mass is 19.4. The van der Waals surface area contributed by atoms with Crippen LogP contribution < -0.4 is 0 Å². The lowest BCUT2D eigenvalue weighted by Crippen LogP contribution is -2.06. The van der Waals surface area contributed by atoms with E-state index >= 15 is 0 Å². The predicted molar refractivity (Wildman–Crippen MR) is 67.6 cm³/mol. The van der Waals surface area contributed by atoms with Gasteiger partial charge < -0.3 is 0 Å². The number of fused-ring (bicyclic) bond motifs is 1.